The zero-order valence-electron chi connectivity index (χ0n) is 21.1. The molecule has 33 heavy (non-hydrogen) atoms. The van der Waals surface area contributed by atoms with Crippen molar-refractivity contribution in [1.29, 1.82) is 0 Å². The number of carboxylic acid groups (broad SMARTS) is 1. The maximum atomic E-state index is 13.0. The normalized spacial score (nSPS) is 14.2. The van der Waals surface area contributed by atoms with Gasteiger partial charge in [0.05, 0.1) is 18.7 Å². The fourth-order valence-electron chi connectivity index (χ4n) is 3.53. The summed E-state index contributed by atoms with van der Waals surface area (Å²) in [5.74, 6) is -0.0671. The molecule has 0 spiro atoms. The van der Waals surface area contributed by atoms with Gasteiger partial charge in [-0.15, -0.1) is 0 Å². The molecule has 176 valence electrons. The van der Waals surface area contributed by atoms with Gasteiger partial charge in [-0.1, -0.05) is 37.3 Å². The van der Waals surface area contributed by atoms with E-state index in [9.17, 15) is 18.0 Å². The molecule has 0 bridgehead atoms. The van der Waals surface area contributed by atoms with Crippen molar-refractivity contribution in [2.75, 3.05) is 6.61 Å². The Morgan fingerprint density at radius 2 is 1.94 bits per heavy atom. The molecule has 2 aromatic carbocycles. The van der Waals surface area contributed by atoms with Gasteiger partial charge in [0.1, 0.15) is 11.6 Å². The van der Waals surface area contributed by atoms with E-state index in [1.54, 1.807) is 24.3 Å². The van der Waals surface area contributed by atoms with Crippen LogP contribution in [0.4, 0.5) is 13.2 Å². The summed E-state index contributed by atoms with van der Waals surface area (Å²) < 4.78 is 70.0. The van der Waals surface area contributed by atoms with E-state index in [0.717, 1.165) is 12.1 Å². The fourth-order valence-corrected chi connectivity index (χ4v) is 3.53. The van der Waals surface area contributed by atoms with Crippen molar-refractivity contribution < 1.29 is 31.9 Å². The molecule has 0 radical (unpaired) electrons. The van der Waals surface area contributed by atoms with E-state index in [2.05, 4.69) is 4.98 Å². The number of benzene rings is 2. The lowest BCUT2D eigenvalue weighted by Crippen LogP contribution is -2.09. The number of para-hydroxylation sites is 1. The van der Waals surface area contributed by atoms with E-state index < -0.39 is 24.6 Å². The van der Waals surface area contributed by atoms with Crippen molar-refractivity contribution >= 4 is 5.97 Å². The van der Waals surface area contributed by atoms with Gasteiger partial charge in [-0.3, -0.25) is 4.79 Å². The topological polar surface area (TPSA) is 64.4 Å². The number of aliphatic carboxylic acids is 1. The zero-order chi connectivity index (χ0) is 26.5. The number of aromatic nitrogens is 2. The Balaban J connectivity index is 1.85. The van der Waals surface area contributed by atoms with Gasteiger partial charge in [-0.25, -0.2) is 4.98 Å². The summed E-state index contributed by atoms with van der Waals surface area (Å²) in [6, 6.07) is 11.5. The van der Waals surface area contributed by atoms with Crippen molar-refractivity contribution in [3.8, 4) is 17.1 Å². The number of alkyl halides is 3. The van der Waals surface area contributed by atoms with Crippen LogP contribution in [-0.2, 0) is 17.5 Å². The lowest BCUT2D eigenvalue weighted by atomic mass is 10.0. The summed E-state index contributed by atoms with van der Waals surface area (Å²) in [7, 11) is 0. The highest BCUT2D eigenvalue weighted by atomic mass is 19.4. The minimum atomic E-state index is -4.49. The van der Waals surface area contributed by atoms with Gasteiger partial charge in [0.2, 0.25) is 0 Å². The minimum absolute atomic E-state index is 0.0143. The second-order valence-corrected chi connectivity index (χ2v) is 7.93. The van der Waals surface area contributed by atoms with Crippen LogP contribution in [0, 0.1) is 12.8 Å². The van der Waals surface area contributed by atoms with Gasteiger partial charge in [0, 0.05) is 33.6 Å². The molecule has 0 aliphatic carbocycles. The first-order chi connectivity index (χ1) is 16.9. The molecule has 0 saturated carbocycles. The Morgan fingerprint density at radius 3 is 2.61 bits per heavy atom. The summed E-state index contributed by atoms with van der Waals surface area (Å²) in [5, 5.41) is 8.88. The van der Waals surface area contributed by atoms with E-state index in [1.807, 2.05) is 6.92 Å². The molecule has 1 N–H and O–H groups in total. The number of carbonyl (C=O) groups is 1. The third-order valence-electron chi connectivity index (χ3n) is 5.25. The number of imidazole rings is 1. The molecular weight excluding hydrogens is 433 g/mol. The number of ether oxygens (including phenoxy) is 1. The molecule has 0 aliphatic rings. The summed E-state index contributed by atoms with van der Waals surface area (Å²) in [5.41, 5.74) is 0.170. The Hall–Kier alpha value is -3.29. The molecule has 0 saturated heterocycles. The molecule has 0 fully saturated rings. The smallest absolute Gasteiger partial charge is 0.416 e. The number of hydrogen-bond acceptors (Lipinski definition) is 3. The second-order valence-electron chi connectivity index (χ2n) is 7.93. The fraction of sp³-hybridized carbons (Fsp3) is 0.360. The summed E-state index contributed by atoms with van der Waals surface area (Å²) in [6.07, 6.45) is -1.86. The largest absolute Gasteiger partial charge is 0.493 e. The van der Waals surface area contributed by atoms with Crippen molar-refractivity contribution in [1.82, 2.24) is 9.55 Å². The van der Waals surface area contributed by atoms with E-state index in [0.29, 0.717) is 36.3 Å². The van der Waals surface area contributed by atoms with Crippen molar-refractivity contribution in [3.63, 3.8) is 0 Å². The highest BCUT2D eigenvalue weighted by molar-refractivity contribution is 5.66. The maximum Gasteiger partial charge on any atom is 0.416 e. The molecule has 0 aliphatic heterocycles. The molecule has 3 rings (SSSR count). The average molecular weight is 464 g/mol. The first-order valence-electron chi connectivity index (χ1n) is 12.0. The molecule has 1 aromatic heterocycles. The Kier molecular flexibility index (Phi) is 6.50. The predicted molar refractivity (Wildman–Crippen MR) is 119 cm³/mol. The van der Waals surface area contributed by atoms with Gasteiger partial charge < -0.3 is 14.4 Å². The maximum absolute atomic E-state index is 13.0. The van der Waals surface area contributed by atoms with E-state index in [1.165, 1.54) is 22.9 Å². The van der Waals surface area contributed by atoms with Crippen LogP contribution < -0.4 is 4.74 Å². The molecule has 1 heterocycles. The Labute approximate surface area is 195 Å². The summed E-state index contributed by atoms with van der Waals surface area (Å²) in [6.45, 7) is -0.202. The van der Waals surface area contributed by atoms with Crippen LogP contribution in [0.2, 0.25) is 0 Å². The monoisotopic (exact) mass is 463 g/mol. The van der Waals surface area contributed by atoms with Gasteiger partial charge in [-0.05, 0) is 43.8 Å². The summed E-state index contributed by atoms with van der Waals surface area (Å²) in [4.78, 5) is 15.0. The molecule has 8 heteroatoms. The molecular formula is C25H27F3N2O3. The first kappa shape index (κ1) is 20.3. The van der Waals surface area contributed by atoms with Gasteiger partial charge >= 0.3 is 12.1 Å². The average Bonchev–Trinajstić information content (AvgIpc) is 3.21. The number of rotatable bonds is 10. The standard InChI is InChI=1S/C25H27F3N2O3/c1-17(14-23(31)32)6-5-13-33-22-8-4-3-7-20(22)16-30-18(2)15-29-24(30)19-9-11-21(12-10-19)25(26,27)28/h3-4,7-12,15,17H,5-6,13-14,16H2,1-2H3,(H,31,32)/t17-/m1/s1/i2D3. The first-order valence-corrected chi connectivity index (χ1v) is 10.5. The third-order valence-corrected chi connectivity index (χ3v) is 5.25. The molecule has 0 unspecified atom stereocenters. The van der Waals surface area contributed by atoms with Gasteiger partial charge in [-0.2, -0.15) is 13.2 Å². The second kappa shape index (κ2) is 10.6. The highest BCUT2D eigenvalue weighted by Crippen LogP contribution is 2.31. The van der Waals surface area contributed by atoms with E-state index in [-0.39, 0.29) is 30.4 Å². The number of carboxylic acids is 1. The van der Waals surface area contributed by atoms with Crippen LogP contribution in [0.1, 0.15) is 47.1 Å². The van der Waals surface area contributed by atoms with Crippen LogP contribution in [0.5, 0.6) is 5.75 Å². The molecule has 5 nitrogen and oxygen atoms in total. The predicted octanol–water partition coefficient (Wildman–Crippen LogP) is 6.20. The highest BCUT2D eigenvalue weighted by Gasteiger charge is 2.30. The van der Waals surface area contributed by atoms with Gasteiger partial charge in [0.25, 0.3) is 0 Å². The Bertz CT molecular complexity index is 1180. The summed E-state index contributed by atoms with van der Waals surface area (Å²) >= 11 is 0. The van der Waals surface area contributed by atoms with Crippen LogP contribution >= 0.6 is 0 Å². The SMILES string of the molecule is [2H]C([2H])([2H])c1cnc(-c2ccc(C(F)(F)F)cc2)n1Cc1ccccc1OCCC[C@@H](C)CC(=O)O. The van der Waals surface area contributed by atoms with E-state index >= 15 is 0 Å². The van der Waals surface area contributed by atoms with Crippen LogP contribution in [0.3, 0.4) is 0 Å². The number of nitrogens with zero attached hydrogens (tertiary/aromatic N) is 2. The molecule has 3 aromatic rings. The van der Waals surface area contributed by atoms with Gasteiger partial charge in [0.15, 0.2) is 0 Å². The lowest BCUT2D eigenvalue weighted by molar-refractivity contribution is -0.138. The molecule has 1 atom stereocenters. The quantitative estimate of drug-likeness (QED) is 0.364. The lowest BCUT2D eigenvalue weighted by Gasteiger charge is -2.16. The van der Waals surface area contributed by atoms with Crippen LogP contribution in [0.15, 0.2) is 54.7 Å². The third kappa shape index (κ3) is 6.60. The van der Waals surface area contributed by atoms with Crippen molar-refractivity contribution in [3.05, 3.63) is 71.5 Å². The number of halogens is 3. The minimum Gasteiger partial charge on any atom is -0.493 e. The number of hydrogen-bond donors (Lipinski definition) is 1. The van der Waals surface area contributed by atoms with Crippen molar-refractivity contribution in [2.45, 2.75) is 45.8 Å². The van der Waals surface area contributed by atoms with E-state index in [4.69, 9.17) is 14.0 Å². The number of aryl methyl sites for hydroxylation is 1. The van der Waals surface area contributed by atoms with Crippen LogP contribution in [-0.4, -0.2) is 27.2 Å². The van der Waals surface area contributed by atoms with Crippen molar-refractivity contribution in [2.24, 2.45) is 5.92 Å². The molecule has 0 amide bonds. The Morgan fingerprint density at radius 1 is 1.21 bits per heavy atom. The van der Waals surface area contributed by atoms with Crippen LogP contribution in [0.25, 0.3) is 11.4 Å². The zero-order valence-corrected chi connectivity index (χ0v) is 18.1.